The minimum absolute atomic E-state index is 0. The van der Waals surface area contributed by atoms with Gasteiger partial charge in [-0.2, -0.15) is 0 Å². The molecule has 0 fully saturated rings. The fourth-order valence-electron chi connectivity index (χ4n) is 1.04. The van der Waals surface area contributed by atoms with Gasteiger partial charge < -0.3 is 2.85 Å². The van der Waals surface area contributed by atoms with Crippen LogP contribution in [-0.4, -0.2) is 0 Å². The van der Waals surface area contributed by atoms with E-state index in [2.05, 4.69) is 26.0 Å². The van der Waals surface area contributed by atoms with Crippen LogP contribution in [0.1, 0.15) is 23.1 Å². The van der Waals surface area contributed by atoms with Crippen molar-refractivity contribution in [3.8, 4) is 0 Å². The second-order valence-corrected chi connectivity index (χ2v) is 4.60. The molecule has 1 rings (SSSR count). The van der Waals surface area contributed by atoms with E-state index in [1.54, 1.807) is 9.36 Å². The molecule has 0 radical (unpaired) electrons. The molecule has 1 aliphatic carbocycles. The minimum Gasteiger partial charge on any atom is -1.00 e. The molecule has 9 heavy (non-hydrogen) atoms. The topological polar surface area (TPSA) is 0 Å². The van der Waals surface area contributed by atoms with Gasteiger partial charge in [0.15, 0.2) is 0 Å². The SMILES string of the molecule is CC(C)C1=[C]([Ta])CC=C1.[H-].[H-]. The van der Waals surface area contributed by atoms with Gasteiger partial charge in [0.05, 0.1) is 0 Å². The zero-order valence-electron chi connectivity index (χ0n) is 7.89. The summed E-state index contributed by atoms with van der Waals surface area (Å²) in [5.74, 6) is 0.740. The molecule has 0 aliphatic heterocycles. The average Bonchev–Trinajstić information content (AvgIpc) is 2.13. The molecule has 0 N–H and O–H groups in total. The number of hydrogen-bond acceptors (Lipinski definition) is 0. The molecule has 1 aliphatic rings. The first-order valence-electron chi connectivity index (χ1n) is 3.30. The third-order valence-electron chi connectivity index (χ3n) is 1.56. The van der Waals surface area contributed by atoms with Crippen molar-refractivity contribution in [2.24, 2.45) is 5.92 Å². The summed E-state index contributed by atoms with van der Waals surface area (Å²) < 4.78 is 1.66. The van der Waals surface area contributed by atoms with Gasteiger partial charge in [-0.3, -0.25) is 0 Å². The Hall–Kier alpha value is 0.220. The van der Waals surface area contributed by atoms with E-state index in [1.807, 2.05) is 0 Å². The van der Waals surface area contributed by atoms with Gasteiger partial charge in [0.2, 0.25) is 0 Å². The largest absolute Gasteiger partial charge is 1.00 e. The van der Waals surface area contributed by atoms with Gasteiger partial charge in [-0.15, -0.1) is 0 Å². The standard InChI is InChI=1S/C8H11.Ta.2H/c1-7(2)8-5-3-4-6-8;;;/h3,5,7H,4H2,1-2H3;;;/q;;2*-1. The maximum Gasteiger partial charge on any atom is -1.00 e. The second-order valence-electron chi connectivity index (χ2n) is 2.66. The molecule has 52 valence electrons. The average molecular weight is 290 g/mol. The third-order valence-corrected chi connectivity index (χ3v) is 3.15. The third kappa shape index (κ3) is 1.57. The van der Waals surface area contributed by atoms with Crippen LogP contribution in [0.2, 0.25) is 0 Å². The van der Waals surface area contributed by atoms with Crippen LogP contribution in [0.25, 0.3) is 0 Å². The molecular formula is C8H13Ta-2. The Balaban J connectivity index is 0. The van der Waals surface area contributed by atoms with Crippen LogP contribution < -0.4 is 0 Å². The molecule has 0 atom stereocenters. The van der Waals surface area contributed by atoms with Gasteiger partial charge in [0, 0.05) is 0 Å². The van der Waals surface area contributed by atoms with Gasteiger partial charge in [-0.25, -0.2) is 0 Å². The molecule has 0 aromatic rings. The van der Waals surface area contributed by atoms with Crippen molar-refractivity contribution in [2.75, 3.05) is 0 Å². The van der Waals surface area contributed by atoms with Crippen LogP contribution in [0.3, 0.4) is 0 Å². The predicted molar refractivity (Wildman–Crippen MR) is 37.8 cm³/mol. The minimum atomic E-state index is 0. The normalized spacial score (nSPS) is 18.1. The predicted octanol–water partition coefficient (Wildman–Crippen LogP) is 2.63. The quantitative estimate of drug-likeness (QED) is 0.696. The summed E-state index contributed by atoms with van der Waals surface area (Å²) in [6, 6.07) is 0. The second kappa shape index (κ2) is 2.87. The molecule has 1 heteroatoms. The summed E-state index contributed by atoms with van der Waals surface area (Å²) >= 11 is 1.44. The maximum atomic E-state index is 2.28. The van der Waals surface area contributed by atoms with Crippen molar-refractivity contribution in [3.05, 3.63) is 21.5 Å². The van der Waals surface area contributed by atoms with E-state index in [-0.39, 0.29) is 2.85 Å². The van der Waals surface area contributed by atoms with Crippen molar-refractivity contribution in [3.63, 3.8) is 0 Å². The van der Waals surface area contributed by atoms with E-state index in [0.29, 0.717) is 0 Å². The summed E-state index contributed by atoms with van der Waals surface area (Å²) in [6.45, 7) is 4.52. The van der Waals surface area contributed by atoms with Crippen LogP contribution in [0.15, 0.2) is 21.5 Å². The molecule has 0 unspecified atom stereocenters. The Morgan fingerprint density at radius 2 is 2.33 bits per heavy atom. The number of rotatable bonds is 1. The van der Waals surface area contributed by atoms with Crippen molar-refractivity contribution in [1.29, 1.82) is 0 Å². The Bertz CT molecular complexity index is 171. The monoisotopic (exact) mass is 290 g/mol. The summed E-state index contributed by atoms with van der Waals surface area (Å²) in [4.78, 5) is 0. The molecule has 0 spiro atoms. The first kappa shape index (κ1) is 7.33. The molecule has 0 nitrogen and oxygen atoms in total. The van der Waals surface area contributed by atoms with Crippen LogP contribution in [-0.2, 0) is 21.1 Å². The van der Waals surface area contributed by atoms with Crippen LogP contribution in [0.4, 0.5) is 0 Å². The van der Waals surface area contributed by atoms with E-state index in [4.69, 9.17) is 0 Å². The Morgan fingerprint density at radius 3 is 2.56 bits per heavy atom. The number of allylic oxidation sites excluding steroid dienone is 4. The Labute approximate surface area is 71.9 Å². The van der Waals surface area contributed by atoms with E-state index in [0.717, 1.165) is 5.92 Å². The molecule has 0 amide bonds. The van der Waals surface area contributed by atoms with Crippen LogP contribution in [0, 0.1) is 5.92 Å². The van der Waals surface area contributed by atoms with E-state index >= 15 is 0 Å². The molecule has 0 aromatic carbocycles. The fourth-order valence-corrected chi connectivity index (χ4v) is 2.61. The van der Waals surface area contributed by atoms with Gasteiger partial charge >= 0.3 is 68.8 Å². The number of hydrogen-bond donors (Lipinski definition) is 0. The van der Waals surface area contributed by atoms with Gasteiger partial charge in [-0.1, -0.05) is 0 Å². The van der Waals surface area contributed by atoms with Gasteiger partial charge in [-0.05, 0) is 0 Å². The van der Waals surface area contributed by atoms with Gasteiger partial charge in [0.1, 0.15) is 0 Å². The van der Waals surface area contributed by atoms with E-state index in [1.165, 1.54) is 27.5 Å². The van der Waals surface area contributed by atoms with Crippen molar-refractivity contribution in [1.82, 2.24) is 0 Å². The molecule has 0 bridgehead atoms. The first-order valence-corrected chi connectivity index (χ1v) is 4.91. The maximum absolute atomic E-state index is 2.28. The van der Waals surface area contributed by atoms with Crippen molar-refractivity contribution < 1.29 is 23.9 Å². The molecule has 0 saturated carbocycles. The smallest absolute Gasteiger partial charge is 1.00 e. The van der Waals surface area contributed by atoms with E-state index in [9.17, 15) is 0 Å². The van der Waals surface area contributed by atoms with Crippen molar-refractivity contribution >= 4 is 0 Å². The molecule has 0 heterocycles. The van der Waals surface area contributed by atoms with Crippen molar-refractivity contribution in [2.45, 2.75) is 20.3 Å². The molecule has 0 aromatic heterocycles. The zero-order chi connectivity index (χ0) is 6.85. The molecular weight excluding hydrogens is 277 g/mol. The molecule has 0 saturated heterocycles. The Kier molecular flexibility index (Phi) is 2.34. The summed E-state index contributed by atoms with van der Waals surface area (Å²) in [6.07, 6.45) is 5.77. The summed E-state index contributed by atoms with van der Waals surface area (Å²) in [5.41, 5.74) is 1.59. The first-order chi connectivity index (χ1) is 4.22. The van der Waals surface area contributed by atoms with Gasteiger partial charge in [0.25, 0.3) is 0 Å². The zero-order valence-corrected chi connectivity index (χ0v) is 9.10. The van der Waals surface area contributed by atoms with E-state index < -0.39 is 0 Å². The Morgan fingerprint density at radius 1 is 1.67 bits per heavy atom. The van der Waals surface area contributed by atoms with Crippen LogP contribution in [0.5, 0.6) is 0 Å². The fraction of sp³-hybridized carbons (Fsp3) is 0.500. The van der Waals surface area contributed by atoms with Crippen LogP contribution >= 0.6 is 0 Å². The summed E-state index contributed by atoms with van der Waals surface area (Å²) in [7, 11) is 0. The summed E-state index contributed by atoms with van der Waals surface area (Å²) in [5, 5.41) is 0.